The van der Waals surface area contributed by atoms with Gasteiger partial charge in [-0.05, 0) is 18.9 Å². The van der Waals surface area contributed by atoms with Crippen LogP contribution < -0.4 is 10.5 Å². The Hall–Kier alpha value is -1.01. The zero-order chi connectivity index (χ0) is 17.6. The normalized spacial score (nSPS) is 26.8. The van der Waals surface area contributed by atoms with E-state index >= 15 is 0 Å². The third-order valence-electron chi connectivity index (χ3n) is 4.33. The van der Waals surface area contributed by atoms with Crippen LogP contribution >= 0.6 is 11.6 Å². The number of pyridine rings is 1. The van der Waals surface area contributed by atoms with Gasteiger partial charge in [0.1, 0.15) is 11.3 Å². The maximum absolute atomic E-state index is 12.9. The summed E-state index contributed by atoms with van der Waals surface area (Å²) in [6.45, 7) is 8.03. The van der Waals surface area contributed by atoms with E-state index in [0.29, 0.717) is 0 Å². The Morgan fingerprint density at radius 1 is 1.17 bits per heavy atom. The number of halogens is 4. The van der Waals surface area contributed by atoms with Crippen molar-refractivity contribution in [2.45, 2.75) is 58.9 Å². The molecule has 130 valence electrons. The largest absolute Gasteiger partial charge is 0.473 e. The monoisotopic (exact) mass is 350 g/mol. The lowest BCUT2D eigenvalue weighted by Crippen LogP contribution is -2.54. The first-order valence-corrected chi connectivity index (χ1v) is 7.86. The molecular formula is C16H22ClF3N2O. The van der Waals surface area contributed by atoms with E-state index in [1.165, 1.54) is 0 Å². The average Bonchev–Trinajstić information content (AvgIpc) is 2.30. The van der Waals surface area contributed by atoms with Crippen molar-refractivity contribution in [2.24, 2.45) is 16.6 Å². The molecule has 1 aliphatic rings. The van der Waals surface area contributed by atoms with Gasteiger partial charge in [0.15, 0.2) is 0 Å². The van der Waals surface area contributed by atoms with E-state index in [0.717, 1.165) is 25.0 Å². The molecule has 0 spiro atoms. The van der Waals surface area contributed by atoms with Gasteiger partial charge in [0.25, 0.3) is 0 Å². The highest BCUT2D eigenvalue weighted by Crippen LogP contribution is 2.47. The van der Waals surface area contributed by atoms with E-state index in [4.69, 9.17) is 22.1 Å². The summed E-state index contributed by atoms with van der Waals surface area (Å²) in [5, 5.41) is -0.238. The van der Waals surface area contributed by atoms with Gasteiger partial charge in [-0.1, -0.05) is 39.3 Å². The minimum atomic E-state index is -4.50. The Morgan fingerprint density at radius 2 is 1.70 bits per heavy atom. The fraction of sp³-hybridized carbons (Fsp3) is 0.688. The Balaban J connectivity index is 2.35. The predicted molar refractivity (Wildman–Crippen MR) is 83.4 cm³/mol. The molecule has 1 heterocycles. The van der Waals surface area contributed by atoms with Crippen molar-refractivity contribution in [2.75, 3.05) is 0 Å². The second-order valence-corrected chi connectivity index (χ2v) is 8.05. The van der Waals surface area contributed by atoms with Crippen LogP contribution in [0.4, 0.5) is 13.2 Å². The van der Waals surface area contributed by atoms with Gasteiger partial charge in [-0.15, -0.1) is 0 Å². The summed E-state index contributed by atoms with van der Waals surface area (Å²) in [5.74, 6) is -0.105. The van der Waals surface area contributed by atoms with Crippen molar-refractivity contribution >= 4 is 11.6 Å². The fourth-order valence-electron chi connectivity index (χ4n) is 3.83. The topological polar surface area (TPSA) is 48.1 Å². The molecule has 3 nitrogen and oxygen atoms in total. The smallest absolute Gasteiger partial charge is 0.416 e. The zero-order valence-corrected chi connectivity index (χ0v) is 14.4. The van der Waals surface area contributed by atoms with E-state index in [9.17, 15) is 13.2 Å². The molecule has 1 aliphatic carbocycles. The van der Waals surface area contributed by atoms with E-state index in [2.05, 4.69) is 4.98 Å². The number of alkyl halides is 3. The van der Waals surface area contributed by atoms with Crippen LogP contribution in [0.1, 0.15) is 46.1 Å². The molecule has 23 heavy (non-hydrogen) atoms. The van der Waals surface area contributed by atoms with E-state index < -0.39 is 11.7 Å². The first kappa shape index (κ1) is 18.3. The van der Waals surface area contributed by atoms with E-state index in [1.54, 1.807) is 0 Å². The van der Waals surface area contributed by atoms with Crippen LogP contribution in [0.5, 0.6) is 5.88 Å². The molecule has 2 rings (SSSR count). The Kier molecular flexibility index (Phi) is 4.63. The van der Waals surface area contributed by atoms with E-state index in [-0.39, 0.29) is 34.0 Å². The molecule has 0 aliphatic heterocycles. The summed E-state index contributed by atoms with van der Waals surface area (Å²) in [6.07, 6.45) is -3.35. The van der Waals surface area contributed by atoms with Crippen LogP contribution in [0.15, 0.2) is 12.1 Å². The molecule has 2 N–H and O–H groups in total. The molecule has 0 unspecified atom stereocenters. The molecule has 0 bridgehead atoms. The lowest BCUT2D eigenvalue weighted by molar-refractivity contribution is -0.138. The third-order valence-corrected chi connectivity index (χ3v) is 4.53. The molecule has 1 fully saturated rings. The summed E-state index contributed by atoms with van der Waals surface area (Å²) in [7, 11) is 0. The quantitative estimate of drug-likeness (QED) is 0.788. The second-order valence-electron chi connectivity index (χ2n) is 7.66. The van der Waals surface area contributed by atoms with Crippen LogP contribution in [-0.4, -0.2) is 17.1 Å². The van der Waals surface area contributed by atoms with Crippen molar-refractivity contribution in [1.29, 1.82) is 0 Å². The van der Waals surface area contributed by atoms with Gasteiger partial charge < -0.3 is 10.5 Å². The van der Waals surface area contributed by atoms with Gasteiger partial charge >= 0.3 is 6.18 Å². The van der Waals surface area contributed by atoms with Gasteiger partial charge in [0.05, 0.1) is 5.56 Å². The number of ether oxygens (including phenoxy) is 1. The van der Waals surface area contributed by atoms with Crippen molar-refractivity contribution in [3.8, 4) is 5.88 Å². The molecule has 1 aromatic rings. The molecule has 0 aromatic carbocycles. The van der Waals surface area contributed by atoms with Crippen molar-refractivity contribution in [1.82, 2.24) is 4.98 Å². The summed E-state index contributed by atoms with van der Waals surface area (Å²) in [6, 6.07) is 1.73. The summed E-state index contributed by atoms with van der Waals surface area (Å²) in [5.41, 5.74) is 4.66. The van der Waals surface area contributed by atoms with E-state index in [1.807, 2.05) is 27.7 Å². The second kappa shape index (κ2) is 5.81. The zero-order valence-electron chi connectivity index (χ0n) is 13.7. The van der Waals surface area contributed by atoms with Gasteiger partial charge in [0.2, 0.25) is 5.88 Å². The molecule has 0 radical (unpaired) electrons. The van der Waals surface area contributed by atoms with Crippen LogP contribution in [0.3, 0.4) is 0 Å². The minimum absolute atomic E-state index is 0.0397. The lowest BCUT2D eigenvalue weighted by atomic mass is 9.61. The number of rotatable bonds is 2. The maximum Gasteiger partial charge on any atom is 0.416 e. The number of nitrogens with zero attached hydrogens (tertiary/aromatic N) is 1. The van der Waals surface area contributed by atoms with Gasteiger partial charge in [0, 0.05) is 22.9 Å². The molecule has 0 amide bonds. The Morgan fingerprint density at radius 3 is 2.17 bits per heavy atom. The number of hydrogen-bond donors (Lipinski definition) is 1. The molecule has 1 saturated carbocycles. The first-order chi connectivity index (χ1) is 10.3. The summed E-state index contributed by atoms with van der Waals surface area (Å²) in [4.78, 5) is 3.90. The number of nitrogens with two attached hydrogens (primary N) is 1. The molecule has 0 atom stereocenters. The predicted octanol–water partition coefficient (Wildman–Crippen LogP) is 4.67. The van der Waals surface area contributed by atoms with Crippen LogP contribution in [-0.2, 0) is 6.18 Å². The third kappa shape index (κ3) is 4.10. The van der Waals surface area contributed by atoms with Gasteiger partial charge in [-0.2, -0.15) is 13.2 Å². The Labute approximate surface area is 139 Å². The Bertz CT molecular complexity index is 569. The van der Waals surface area contributed by atoms with Crippen LogP contribution in [0.2, 0.25) is 5.15 Å². The summed E-state index contributed by atoms with van der Waals surface area (Å²) >= 11 is 5.73. The number of aromatic nitrogens is 1. The molecular weight excluding hydrogens is 329 g/mol. The standard InChI is InChI=1S/C16H22ClF3N2O/c1-14(2)7-10(21)8-15(3,4)13(14)23-12-6-9(16(18,19)20)5-11(17)22-12/h5-6,10,13H,7-8,21H2,1-4H3. The fourth-order valence-corrected chi connectivity index (χ4v) is 4.03. The molecule has 1 aromatic heterocycles. The molecule has 7 heteroatoms. The lowest BCUT2D eigenvalue weighted by Gasteiger charge is -2.50. The van der Waals surface area contributed by atoms with Gasteiger partial charge in [-0.25, -0.2) is 4.98 Å². The van der Waals surface area contributed by atoms with Crippen LogP contribution in [0.25, 0.3) is 0 Å². The highest BCUT2D eigenvalue weighted by Gasteiger charge is 2.48. The highest BCUT2D eigenvalue weighted by molar-refractivity contribution is 6.29. The number of hydrogen-bond acceptors (Lipinski definition) is 3. The van der Waals surface area contributed by atoms with Crippen molar-refractivity contribution < 1.29 is 17.9 Å². The molecule has 0 saturated heterocycles. The van der Waals surface area contributed by atoms with Crippen molar-refractivity contribution in [3.05, 3.63) is 22.8 Å². The van der Waals surface area contributed by atoms with Gasteiger partial charge in [-0.3, -0.25) is 0 Å². The minimum Gasteiger partial charge on any atom is -0.473 e. The van der Waals surface area contributed by atoms with Crippen LogP contribution in [0, 0.1) is 10.8 Å². The average molecular weight is 351 g/mol. The SMILES string of the molecule is CC1(C)CC(N)CC(C)(C)C1Oc1cc(C(F)(F)F)cc(Cl)n1. The summed E-state index contributed by atoms with van der Waals surface area (Å²) < 4.78 is 44.7. The van der Waals surface area contributed by atoms with Crippen molar-refractivity contribution in [3.63, 3.8) is 0 Å². The maximum atomic E-state index is 12.9. The highest BCUT2D eigenvalue weighted by atomic mass is 35.5. The first-order valence-electron chi connectivity index (χ1n) is 7.48.